The van der Waals surface area contributed by atoms with E-state index >= 15 is 0 Å². The van der Waals surface area contributed by atoms with Gasteiger partial charge in [-0.05, 0) is 24.4 Å². The van der Waals surface area contributed by atoms with Crippen LogP contribution in [-0.2, 0) is 4.74 Å². The Kier molecular flexibility index (Phi) is 6.76. The maximum atomic E-state index is 11.9. The number of phenols is 1. The zero-order valence-electron chi connectivity index (χ0n) is 12.0. The molecule has 0 radical (unpaired) electrons. The third-order valence-corrected chi connectivity index (χ3v) is 2.35. The van der Waals surface area contributed by atoms with Crippen LogP contribution in [0.5, 0.6) is 11.5 Å². The molecule has 0 spiro atoms. The minimum atomic E-state index is -0.569. The molecule has 0 aromatic heterocycles. The van der Waals surface area contributed by atoms with Crippen molar-refractivity contribution in [2.45, 2.75) is 0 Å². The van der Waals surface area contributed by atoms with E-state index in [0.29, 0.717) is 19.0 Å². The molecule has 0 heterocycles. The molecule has 1 aromatic carbocycles. The Hall–Kier alpha value is -2.54. The van der Waals surface area contributed by atoms with E-state index in [-0.39, 0.29) is 17.1 Å². The summed E-state index contributed by atoms with van der Waals surface area (Å²) in [6.07, 6.45) is 3.00. The van der Waals surface area contributed by atoms with E-state index in [4.69, 9.17) is 15.2 Å². The second-order valence-electron chi connectivity index (χ2n) is 4.02. The highest BCUT2D eigenvalue weighted by Crippen LogP contribution is 2.22. The van der Waals surface area contributed by atoms with Crippen LogP contribution < -0.4 is 15.8 Å². The van der Waals surface area contributed by atoms with Crippen molar-refractivity contribution in [3.63, 3.8) is 0 Å². The number of methoxy groups -OCH3 is 1. The Morgan fingerprint density at radius 2 is 2.19 bits per heavy atom. The molecular weight excluding hydrogens is 274 g/mol. The third kappa shape index (κ3) is 5.96. The van der Waals surface area contributed by atoms with Gasteiger partial charge in [0.25, 0.3) is 5.91 Å². The first-order valence-corrected chi connectivity index (χ1v) is 6.25. The minimum absolute atomic E-state index is 0.0551. The minimum Gasteiger partial charge on any atom is -0.508 e. The molecule has 0 unspecified atom stereocenters. The number of nitrogens with one attached hydrogen (secondary N) is 1. The van der Waals surface area contributed by atoms with E-state index in [1.54, 1.807) is 20.4 Å². The van der Waals surface area contributed by atoms with Crippen molar-refractivity contribution in [1.82, 2.24) is 5.32 Å². The van der Waals surface area contributed by atoms with Gasteiger partial charge in [-0.25, -0.2) is 0 Å². The number of nitrogens with two attached hydrogens (primary N) is 1. The van der Waals surface area contributed by atoms with E-state index in [1.165, 1.54) is 24.3 Å². The SMILES string of the molecule is CN/C=C\C(N)=NC(=O)c1cc(O)cc(OCCOC)c1. The summed E-state index contributed by atoms with van der Waals surface area (Å²) in [7, 11) is 3.25. The van der Waals surface area contributed by atoms with Crippen LogP contribution in [0, 0.1) is 0 Å². The lowest BCUT2D eigenvalue weighted by Crippen LogP contribution is -2.12. The molecule has 7 heteroatoms. The molecule has 1 rings (SSSR count). The van der Waals surface area contributed by atoms with Gasteiger partial charge in [-0.3, -0.25) is 4.79 Å². The van der Waals surface area contributed by atoms with Crippen LogP contribution >= 0.6 is 0 Å². The average molecular weight is 293 g/mol. The van der Waals surface area contributed by atoms with Crippen LogP contribution in [0.2, 0.25) is 0 Å². The van der Waals surface area contributed by atoms with E-state index in [2.05, 4.69) is 10.3 Å². The molecule has 1 aromatic rings. The monoisotopic (exact) mass is 293 g/mol. The molecule has 4 N–H and O–H groups in total. The number of rotatable bonds is 7. The smallest absolute Gasteiger partial charge is 0.279 e. The zero-order valence-corrected chi connectivity index (χ0v) is 12.0. The van der Waals surface area contributed by atoms with Crippen LogP contribution in [0.1, 0.15) is 10.4 Å². The maximum absolute atomic E-state index is 11.9. The largest absolute Gasteiger partial charge is 0.508 e. The van der Waals surface area contributed by atoms with Gasteiger partial charge in [0.1, 0.15) is 23.9 Å². The van der Waals surface area contributed by atoms with Crippen LogP contribution in [0.4, 0.5) is 0 Å². The van der Waals surface area contributed by atoms with Crippen molar-refractivity contribution in [2.24, 2.45) is 10.7 Å². The second kappa shape index (κ2) is 8.60. The number of hydrogen-bond acceptors (Lipinski definition) is 5. The van der Waals surface area contributed by atoms with Crippen LogP contribution in [0.3, 0.4) is 0 Å². The number of aliphatic imine (C=N–C) groups is 1. The van der Waals surface area contributed by atoms with E-state index < -0.39 is 5.91 Å². The van der Waals surface area contributed by atoms with E-state index in [0.717, 1.165) is 0 Å². The van der Waals surface area contributed by atoms with Crippen molar-refractivity contribution in [3.8, 4) is 11.5 Å². The first kappa shape index (κ1) is 16.5. The highest BCUT2D eigenvalue weighted by atomic mass is 16.5. The first-order valence-electron chi connectivity index (χ1n) is 6.25. The fraction of sp³-hybridized carbons (Fsp3) is 0.286. The second-order valence-corrected chi connectivity index (χ2v) is 4.02. The van der Waals surface area contributed by atoms with Gasteiger partial charge in [0.15, 0.2) is 0 Å². The van der Waals surface area contributed by atoms with Gasteiger partial charge in [0.2, 0.25) is 0 Å². The molecule has 0 atom stereocenters. The summed E-state index contributed by atoms with van der Waals surface area (Å²) in [5, 5.41) is 12.3. The normalized spacial score (nSPS) is 11.6. The Morgan fingerprint density at radius 3 is 2.86 bits per heavy atom. The fourth-order valence-electron chi connectivity index (χ4n) is 1.42. The van der Waals surface area contributed by atoms with Gasteiger partial charge in [-0.1, -0.05) is 0 Å². The average Bonchev–Trinajstić information content (AvgIpc) is 2.44. The van der Waals surface area contributed by atoms with Crippen molar-refractivity contribution >= 4 is 11.7 Å². The van der Waals surface area contributed by atoms with Crippen molar-refractivity contribution < 1.29 is 19.4 Å². The van der Waals surface area contributed by atoms with Crippen LogP contribution in [0.25, 0.3) is 0 Å². The van der Waals surface area contributed by atoms with Crippen molar-refractivity contribution in [2.75, 3.05) is 27.4 Å². The number of carbonyl (C=O) groups is 1. The topological polar surface area (TPSA) is 106 Å². The zero-order chi connectivity index (χ0) is 15.7. The summed E-state index contributed by atoms with van der Waals surface area (Å²) in [6, 6.07) is 4.18. The highest BCUT2D eigenvalue weighted by Gasteiger charge is 2.09. The van der Waals surface area contributed by atoms with Gasteiger partial charge in [0, 0.05) is 25.8 Å². The summed E-state index contributed by atoms with van der Waals surface area (Å²) < 4.78 is 10.2. The lowest BCUT2D eigenvalue weighted by atomic mass is 10.2. The number of amides is 1. The van der Waals surface area contributed by atoms with Gasteiger partial charge in [0.05, 0.1) is 6.61 Å². The number of benzene rings is 1. The standard InChI is InChI=1S/C14H19N3O4/c1-16-4-3-13(15)17-14(19)10-7-11(18)9-12(8-10)21-6-5-20-2/h3-4,7-9,16,18H,5-6H2,1-2H3,(H2,15,17,19)/b4-3-. The molecule has 114 valence electrons. The molecule has 1 amide bonds. The lowest BCUT2D eigenvalue weighted by Gasteiger charge is -2.07. The Bertz CT molecular complexity index is 541. The number of ether oxygens (including phenoxy) is 2. The summed E-state index contributed by atoms with van der Waals surface area (Å²) in [4.78, 5) is 15.6. The molecule has 21 heavy (non-hydrogen) atoms. The number of nitrogens with zero attached hydrogens (tertiary/aromatic N) is 1. The Morgan fingerprint density at radius 1 is 1.43 bits per heavy atom. The van der Waals surface area contributed by atoms with Crippen molar-refractivity contribution in [1.29, 1.82) is 0 Å². The molecule has 0 saturated heterocycles. The molecule has 0 aliphatic rings. The Labute approximate surface area is 123 Å². The van der Waals surface area contributed by atoms with E-state index in [1.807, 2.05) is 0 Å². The summed E-state index contributed by atoms with van der Waals surface area (Å²) in [6.45, 7) is 0.711. The number of aromatic hydroxyl groups is 1. The van der Waals surface area contributed by atoms with E-state index in [9.17, 15) is 9.90 Å². The maximum Gasteiger partial charge on any atom is 0.279 e. The number of phenolic OH excluding ortho intramolecular Hbond substituents is 1. The molecule has 7 nitrogen and oxygen atoms in total. The van der Waals surface area contributed by atoms with Crippen LogP contribution in [0.15, 0.2) is 35.5 Å². The predicted octanol–water partition coefficient (Wildman–Crippen LogP) is 0.648. The molecule has 0 bridgehead atoms. The summed E-state index contributed by atoms with van der Waals surface area (Å²) in [5.74, 6) is -0.247. The molecule has 0 aliphatic carbocycles. The summed E-state index contributed by atoms with van der Waals surface area (Å²) in [5.41, 5.74) is 5.75. The number of amidine groups is 1. The molecular formula is C14H19N3O4. The predicted molar refractivity (Wildman–Crippen MR) is 79.6 cm³/mol. The van der Waals surface area contributed by atoms with Gasteiger partial charge < -0.3 is 25.6 Å². The molecule has 0 fully saturated rings. The fourth-order valence-corrected chi connectivity index (χ4v) is 1.42. The van der Waals surface area contributed by atoms with Gasteiger partial charge in [-0.15, -0.1) is 0 Å². The van der Waals surface area contributed by atoms with Gasteiger partial charge >= 0.3 is 0 Å². The lowest BCUT2D eigenvalue weighted by molar-refractivity contribution is 0.100. The molecule has 0 aliphatic heterocycles. The quantitative estimate of drug-likeness (QED) is 0.387. The highest BCUT2D eigenvalue weighted by molar-refractivity contribution is 6.06. The third-order valence-electron chi connectivity index (χ3n) is 2.35. The van der Waals surface area contributed by atoms with Gasteiger partial charge in [-0.2, -0.15) is 4.99 Å². The number of hydrogen-bond donors (Lipinski definition) is 3. The van der Waals surface area contributed by atoms with Crippen molar-refractivity contribution in [3.05, 3.63) is 36.0 Å². The number of carbonyl (C=O) groups excluding carboxylic acids is 1. The molecule has 0 saturated carbocycles. The Balaban J connectivity index is 2.86. The first-order chi connectivity index (χ1) is 10.1. The summed E-state index contributed by atoms with van der Waals surface area (Å²) >= 11 is 0. The van der Waals surface area contributed by atoms with Crippen LogP contribution in [-0.4, -0.2) is 44.2 Å².